The van der Waals surface area contributed by atoms with Gasteiger partial charge in [0.2, 0.25) is 0 Å². The highest BCUT2D eigenvalue weighted by Crippen LogP contribution is 2.38. The van der Waals surface area contributed by atoms with Crippen molar-refractivity contribution in [1.82, 2.24) is 0 Å². The number of rotatable bonds is 41. The Bertz CT molecular complexity index is 943. The highest BCUT2D eigenvalue weighted by atomic mass is 31.2. The predicted molar refractivity (Wildman–Crippen MR) is 223 cm³/mol. The fraction of sp³-hybridized carbons (Fsp3) is 0.867. The smallest absolute Gasteiger partial charge is 0.267 e. The Balaban J connectivity index is 2.09. The van der Waals surface area contributed by atoms with E-state index in [9.17, 15) is 9.46 Å². The van der Waals surface area contributed by atoms with Crippen molar-refractivity contribution in [2.24, 2.45) is 0 Å². The molecule has 0 heterocycles. The van der Waals surface area contributed by atoms with Crippen LogP contribution in [-0.4, -0.2) is 64.7 Å². The SMILES string of the molecule is CCCCCCCCCCCCCCCCCCOCC(COP(=O)([O-])OCCCCCCCCCCCCCC[N+](C)(C)C)OCc1ccccc1. The van der Waals surface area contributed by atoms with E-state index in [2.05, 4.69) is 28.1 Å². The molecular formula is C45H86NO6P. The van der Waals surface area contributed by atoms with E-state index in [1.807, 2.05) is 30.3 Å². The first-order chi connectivity index (χ1) is 25.7. The molecule has 1 aromatic carbocycles. The van der Waals surface area contributed by atoms with E-state index in [0.717, 1.165) is 42.2 Å². The summed E-state index contributed by atoms with van der Waals surface area (Å²) < 4.78 is 36.0. The molecule has 312 valence electrons. The average Bonchev–Trinajstić information content (AvgIpc) is 3.13. The van der Waals surface area contributed by atoms with Crippen LogP contribution < -0.4 is 4.89 Å². The van der Waals surface area contributed by atoms with E-state index in [1.165, 1.54) is 154 Å². The van der Waals surface area contributed by atoms with Crippen molar-refractivity contribution in [2.75, 3.05) is 54.1 Å². The molecule has 8 heteroatoms. The van der Waals surface area contributed by atoms with Gasteiger partial charge in [-0.05, 0) is 31.2 Å². The van der Waals surface area contributed by atoms with Crippen LogP contribution in [0.3, 0.4) is 0 Å². The summed E-state index contributed by atoms with van der Waals surface area (Å²) in [7, 11) is 2.40. The minimum Gasteiger partial charge on any atom is -0.756 e. The molecule has 0 radical (unpaired) electrons. The lowest BCUT2D eigenvalue weighted by atomic mass is 10.0. The summed E-state index contributed by atoms with van der Waals surface area (Å²) in [6.45, 7) is 4.92. The molecular weight excluding hydrogens is 681 g/mol. The van der Waals surface area contributed by atoms with Crippen LogP contribution in [0.2, 0.25) is 0 Å². The fourth-order valence-electron chi connectivity index (χ4n) is 6.74. The van der Waals surface area contributed by atoms with E-state index in [0.29, 0.717) is 19.8 Å². The predicted octanol–water partition coefficient (Wildman–Crippen LogP) is 12.7. The number of benzene rings is 1. The van der Waals surface area contributed by atoms with Crippen molar-refractivity contribution < 1.29 is 32.5 Å². The Labute approximate surface area is 328 Å². The molecule has 0 saturated carbocycles. The molecule has 0 spiro atoms. The maximum absolute atomic E-state index is 12.5. The third-order valence-electron chi connectivity index (χ3n) is 10.2. The van der Waals surface area contributed by atoms with Gasteiger partial charge < -0.3 is 27.9 Å². The van der Waals surface area contributed by atoms with Crippen molar-refractivity contribution in [3.63, 3.8) is 0 Å². The molecule has 0 aliphatic carbocycles. The van der Waals surface area contributed by atoms with Gasteiger partial charge in [-0.3, -0.25) is 4.57 Å². The van der Waals surface area contributed by atoms with Gasteiger partial charge in [-0.15, -0.1) is 0 Å². The zero-order chi connectivity index (χ0) is 38.6. The molecule has 0 aromatic heterocycles. The van der Waals surface area contributed by atoms with Crippen molar-refractivity contribution >= 4 is 7.82 Å². The average molecular weight is 768 g/mol. The Kier molecular flexibility index (Phi) is 33.8. The van der Waals surface area contributed by atoms with Gasteiger partial charge in [0.1, 0.15) is 6.10 Å². The van der Waals surface area contributed by atoms with Gasteiger partial charge in [-0.25, -0.2) is 0 Å². The van der Waals surface area contributed by atoms with Crippen molar-refractivity contribution in [1.29, 1.82) is 0 Å². The first kappa shape index (κ1) is 50.2. The van der Waals surface area contributed by atoms with E-state index in [4.69, 9.17) is 18.5 Å². The monoisotopic (exact) mass is 768 g/mol. The largest absolute Gasteiger partial charge is 0.756 e. The summed E-state index contributed by atoms with van der Waals surface area (Å²) >= 11 is 0. The van der Waals surface area contributed by atoms with Crippen LogP contribution in [0.4, 0.5) is 0 Å². The van der Waals surface area contributed by atoms with E-state index < -0.39 is 13.9 Å². The molecule has 1 rings (SSSR count). The standard InChI is InChI=1S/C45H86NO6P/c1-5-6-7-8-9-10-11-12-13-14-16-19-22-25-28-34-39-49-42-45(50-41-44-36-31-30-32-37-44)43-52-53(47,48)51-40-35-29-26-23-20-17-15-18-21-24-27-33-38-46(2,3)4/h30-32,36-37,45H,5-29,33-35,38-43H2,1-4H3. The summed E-state index contributed by atoms with van der Waals surface area (Å²) in [5.74, 6) is 0. The Hall–Kier alpha value is -0.790. The van der Waals surface area contributed by atoms with Gasteiger partial charge in [0, 0.05) is 6.61 Å². The quantitative estimate of drug-likeness (QED) is 0.0375. The summed E-state index contributed by atoms with van der Waals surface area (Å²) in [4.78, 5) is 12.5. The highest BCUT2D eigenvalue weighted by Gasteiger charge is 2.16. The van der Waals surface area contributed by atoms with Crippen LogP contribution in [0, 0.1) is 0 Å². The molecule has 0 N–H and O–H groups in total. The van der Waals surface area contributed by atoms with Crippen molar-refractivity contribution in [2.45, 2.75) is 199 Å². The molecule has 0 aliphatic rings. The van der Waals surface area contributed by atoms with Gasteiger partial charge in [0.15, 0.2) is 0 Å². The fourth-order valence-corrected chi connectivity index (χ4v) is 7.52. The Morgan fingerprint density at radius 1 is 0.547 bits per heavy atom. The van der Waals surface area contributed by atoms with E-state index in [-0.39, 0.29) is 13.2 Å². The normalized spacial score (nSPS) is 13.8. The lowest BCUT2D eigenvalue weighted by molar-refractivity contribution is -0.870. The molecule has 0 saturated heterocycles. The molecule has 0 amide bonds. The van der Waals surface area contributed by atoms with Crippen molar-refractivity contribution in [3.05, 3.63) is 35.9 Å². The highest BCUT2D eigenvalue weighted by molar-refractivity contribution is 7.45. The van der Waals surface area contributed by atoms with Crippen LogP contribution in [0.1, 0.15) is 192 Å². The second kappa shape index (κ2) is 35.6. The van der Waals surface area contributed by atoms with Crippen molar-refractivity contribution in [3.8, 4) is 0 Å². The van der Waals surface area contributed by atoms with Gasteiger partial charge in [0.25, 0.3) is 7.82 Å². The Morgan fingerprint density at radius 3 is 1.42 bits per heavy atom. The second-order valence-electron chi connectivity index (χ2n) is 16.6. The number of quaternary nitrogens is 1. The summed E-state index contributed by atoms with van der Waals surface area (Å²) in [5, 5.41) is 0. The maximum Gasteiger partial charge on any atom is 0.267 e. The molecule has 1 aromatic rings. The van der Waals surface area contributed by atoms with Crippen LogP contribution in [0.15, 0.2) is 30.3 Å². The third kappa shape index (κ3) is 36.6. The first-order valence-electron chi connectivity index (χ1n) is 22.4. The number of phosphoric ester groups is 1. The topological polar surface area (TPSA) is 77.1 Å². The van der Waals surface area contributed by atoms with Crippen LogP contribution in [0.5, 0.6) is 0 Å². The summed E-state index contributed by atoms with van der Waals surface area (Å²) in [6.07, 6.45) is 35.6. The molecule has 2 atom stereocenters. The molecule has 0 fully saturated rings. The zero-order valence-electron chi connectivity index (χ0n) is 35.3. The maximum atomic E-state index is 12.5. The zero-order valence-corrected chi connectivity index (χ0v) is 36.2. The number of ether oxygens (including phenoxy) is 2. The minimum absolute atomic E-state index is 0.108. The lowest BCUT2D eigenvalue weighted by Crippen LogP contribution is -2.35. The van der Waals surface area contributed by atoms with Gasteiger partial charge in [-0.2, -0.15) is 0 Å². The number of nitrogens with zero attached hydrogens (tertiary/aromatic N) is 1. The molecule has 53 heavy (non-hydrogen) atoms. The minimum atomic E-state index is -4.40. The molecule has 0 aliphatic heterocycles. The number of hydrogen-bond acceptors (Lipinski definition) is 6. The van der Waals surface area contributed by atoms with Gasteiger partial charge in [-0.1, -0.05) is 191 Å². The number of unbranched alkanes of at least 4 members (excludes halogenated alkanes) is 26. The van der Waals surface area contributed by atoms with Crippen LogP contribution in [-0.2, 0) is 29.7 Å². The number of hydrogen-bond donors (Lipinski definition) is 0. The summed E-state index contributed by atoms with van der Waals surface area (Å²) in [5.41, 5.74) is 1.03. The summed E-state index contributed by atoms with van der Waals surface area (Å²) in [6, 6.07) is 9.89. The van der Waals surface area contributed by atoms with Gasteiger partial charge in [0.05, 0.1) is 54.1 Å². The molecule has 2 unspecified atom stereocenters. The van der Waals surface area contributed by atoms with E-state index >= 15 is 0 Å². The van der Waals surface area contributed by atoms with Crippen LogP contribution >= 0.6 is 7.82 Å². The molecule has 7 nitrogen and oxygen atoms in total. The first-order valence-corrected chi connectivity index (χ1v) is 23.8. The van der Waals surface area contributed by atoms with Crippen LogP contribution in [0.25, 0.3) is 0 Å². The second-order valence-corrected chi connectivity index (χ2v) is 18.0. The lowest BCUT2D eigenvalue weighted by Gasteiger charge is -2.26. The van der Waals surface area contributed by atoms with Gasteiger partial charge >= 0.3 is 0 Å². The number of phosphoric acid groups is 1. The Morgan fingerprint density at radius 2 is 0.962 bits per heavy atom. The molecule has 0 bridgehead atoms. The van der Waals surface area contributed by atoms with E-state index in [1.54, 1.807) is 0 Å². The third-order valence-corrected chi connectivity index (χ3v) is 11.1.